The van der Waals surface area contributed by atoms with Crippen LogP contribution in [0.5, 0.6) is 17.2 Å². The summed E-state index contributed by atoms with van der Waals surface area (Å²) in [6.07, 6.45) is 9.79. The number of pyridine rings is 2. The standard InChI is InChI=1S/C36H35Cl2N5O5/c1-5-31(44)41-25-15-22(28(45-2)17-27(25)42-10-6-36(20-42)7-12-48-13-8-36)24-16-26-21(19-40-24)14-23(35-39-9-11-43(26)35)32-33(37)29(46-3)18-30(47-4)34(32)38/h5,9,11,14-19H,1,6-8,10,12-13,20H2,2-4H3,(H,41,44). The number of amides is 1. The van der Waals surface area contributed by atoms with Crippen LogP contribution < -0.4 is 24.4 Å². The monoisotopic (exact) mass is 687 g/mol. The van der Waals surface area contributed by atoms with Crippen molar-refractivity contribution in [3.8, 4) is 39.6 Å². The van der Waals surface area contributed by atoms with Crippen molar-refractivity contribution in [3.63, 3.8) is 0 Å². The maximum absolute atomic E-state index is 12.7. The Balaban J connectivity index is 1.36. The molecule has 2 aliphatic rings. The van der Waals surface area contributed by atoms with Crippen molar-refractivity contribution in [3.05, 3.63) is 71.6 Å². The van der Waals surface area contributed by atoms with E-state index in [2.05, 4.69) is 21.8 Å². The minimum Gasteiger partial charge on any atom is -0.496 e. The van der Waals surface area contributed by atoms with Gasteiger partial charge in [-0.2, -0.15) is 0 Å². The zero-order valence-electron chi connectivity index (χ0n) is 26.9. The molecule has 0 atom stereocenters. The van der Waals surface area contributed by atoms with Crippen molar-refractivity contribution in [1.29, 1.82) is 0 Å². The molecule has 248 valence electrons. The Morgan fingerprint density at radius 3 is 2.38 bits per heavy atom. The molecule has 2 fully saturated rings. The van der Waals surface area contributed by atoms with Crippen LogP contribution in [0.2, 0.25) is 10.0 Å². The Hall–Kier alpha value is -4.51. The normalized spacial score (nSPS) is 15.6. The number of nitrogens with one attached hydrogen (secondary N) is 1. The minimum absolute atomic E-state index is 0.212. The molecule has 5 heterocycles. The molecular formula is C36H35Cl2N5O5. The molecule has 2 aromatic carbocycles. The summed E-state index contributed by atoms with van der Waals surface area (Å²) < 4.78 is 24.6. The topological polar surface area (TPSA) is 99.5 Å². The van der Waals surface area contributed by atoms with Gasteiger partial charge < -0.3 is 29.2 Å². The van der Waals surface area contributed by atoms with Crippen LogP contribution in [0.15, 0.2) is 61.6 Å². The van der Waals surface area contributed by atoms with Gasteiger partial charge in [0.15, 0.2) is 0 Å². The SMILES string of the molecule is C=CC(=O)Nc1cc(-c2cc3c(cn2)cc(-c2c(Cl)c(OC)cc(OC)c2Cl)c2nccn23)c(OC)cc1N1CCC2(CCOCC2)C1. The zero-order chi connectivity index (χ0) is 33.6. The Morgan fingerprint density at radius 2 is 1.69 bits per heavy atom. The van der Waals surface area contributed by atoms with Crippen LogP contribution in [-0.2, 0) is 9.53 Å². The van der Waals surface area contributed by atoms with Crippen LogP contribution in [0.4, 0.5) is 11.4 Å². The molecule has 0 bridgehead atoms. The van der Waals surface area contributed by atoms with Crippen molar-refractivity contribution in [2.24, 2.45) is 5.41 Å². The van der Waals surface area contributed by atoms with E-state index in [1.807, 2.05) is 34.9 Å². The number of nitrogens with zero attached hydrogens (tertiary/aromatic N) is 4. The first-order valence-corrected chi connectivity index (χ1v) is 16.4. The van der Waals surface area contributed by atoms with Crippen molar-refractivity contribution in [1.82, 2.24) is 14.4 Å². The molecule has 3 aromatic heterocycles. The number of carbonyl (C=O) groups excluding carboxylic acids is 1. The average Bonchev–Trinajstić information content (AvgIpc) is 3.77. The summed E-state index contributed by atoms with van der Waals surface area (Å²) >= 11 is 13.6. The first kappa shape index (κ1) is 32.1. The van der Waals surface area contributed by atoms with Crippen LogP contribution in [0.1, 0.15) is 19.3 Å². The first-order chi connectivity index (χ1) is 23.3. The molecule has 1 spiro atoms. The fourth-order valence-corrected chi connectivity index (χ4v) is 7.69. The highest BCUT2D eigenvalue weighted by molar-refractivity contribution is 6.41. The van der Waals surface area contributed by atoms with Crippen LogP contribution in [-0.4, -0.2) is 67.9 Å². The van der Waals surface area contributed by atoms with E-state index in [4.69, 9.17) is 47.1 Å². The van der Waals surface area contributed by atoms with E-state index in [1.54, 1.807) is 25.6 Å². The molecule has 0 aliphatic carbocycles. The molecule has 48 heavy (non-hydrogen) atoms. The number of hydrogen-bond donors (Lipinski definition) is 1. The average molecular weight is 689 g/mol. The van der Waals surface area contributed by atoms with Gasteiger partial charge in [0.25, 0.3) is 0 Å². The number of halogens is 2. The zero-order valence-corrected chi connectivity index (χ0v) is 28.5. The number of carbonyl (C=O) groups is 1. The predicted octanol–water partition coefficient (Wildman–Crippen LogP) is 7.68. The molecule has 0 unspecified atom stereocenters. The quantitative estimate of drug-likeness (QED) is 0.166. The highest BCUT2D eigenvalue weighted by Crippen LogP contribution is 2.49. The van der Waals surface area contributed by atoms with E-state index in [0.717, 1.165) is 67.7 Å². The molecule has 1 amide bonds. The van der Waals surface area contributed by atoms with Gasteiger partial charge in [-0.3, -0.25) is 14.2 Å². The Morgan fingerprint density at radius 1 is 0.958 bits per heavy atom. The summed E-state index contributed by atoms with van der Waals surface area (Å²) in [5.41, 5.74) is 5.88. The summed E-state index contributed by atoms with van der Waals surface area (Å²) in [6.45, 7) is 6.99. The molecule has 5 aromatic rings. The maximum atomic E-state index is 12.7. The summed E-state index contributed by atoms with van der Waals surface area (Å²) in [5.74, 6) is 1.20. The molecule has 0 saturated carbocycles. The molecule has 10 nitrogen and oxygen atoms in total. The second-order valence-electron chi connectivity index (χ2n) is 12.1. The van der Waals surface area contributed by atoms with Crippen molar-refractivity contribution in [2.75, 3.05) is 57.8 Å². The molecule has 2 aliphatic heterocycles. The third kappa shape index (κ3) is 5.47. The van der Waals surface area contributed by atoms with Crippen LogP contribution >= 0.6 is 23.2 Å². The van der Waals surface area contributed by atoms with Gasteiger partial charge in [-0.05, 0) is 49.0 Å². The van der Waals surface area contributed by atoms with Crippen molar-refractivity contribution >= 4 is 57.0 Å². The van der Waals surface area contributed by atoms with E-state index in [0.29, 0.717) is 55.4 Å². The number of methoxy groups -OCH3 is 3. The fourth-order valence-electron chi connectivity index (χ4n) is 6.98. The number of imidazole rings is 1. The summed E-state index contributed by atoms with van der Waals surface area (Å²) in [4.78, 5) is 24.5. The number of ether oxygens (including phenoxy) is 4. The summed E-state index contributed by atoms with van der Waals surface area (Å²) in [6, 6.07) is 9.51. The van der Waals surface area contributed by atoms with Gasteiger partial charge in [0.1, 0.15) is 22.9 Å². The van der Waals surface area contributed by atoms with E-state index in [9.17, 15) is 4.79 Å². The maximum Gasteiger partial charge on any atom is 0.247 e. The van der Waals surface area contributed by atoms with E-state index >= 15 is 0 Å². The second kappa shape index (κ2) is 12.8. The molecule has 7 rings (SSSR count). The number of rotatable bonds is 8. The van der Waals surface area contributed by atoms with Gasteiger partial charge in [0, 0.05) is 79.1 Å². The van der Waals surface area contributed by atoms with Gasteiger partial charge in [-0.1, -0.05) is 29.8 Å². The highest BCUT2D eigenvalue weighted by Gasteiger charge is 2.40. The first-order valence-electron chi connectivity index (χ1n) is 15.6. The lowest BCUT2D eigenvalue weighted by molar-refractivity contribution is -0.111. The molecule has 12 heteroatoms. The Bertz CT molecular complexity index is 2050. The number of benzene rings is 2. The van der Waals surface area contributed by atoms with Crippen LogP contribution in [0, 0.1) is 5.41 Å². The lowest BCUT2D eigenvalue weighted by Gasteiger charge is -2.34. The van der Waals surface area contributed by atoms with E-state index in [-0.39, 0.29) is 11.3 Å². The molecule has 1 N–H and O–H groups in total. The minimum atomic E-state index is -0.294. The number of hydrogen-bond acceptors (Lipinski definition) is 8. The van der Waals surface area contributed by atoms with Crippen molar-refractivity contribution < 1.29 is 23.7 Å². The third-order valence-corrected chi connectivity index (χ3v) is 10.3. The van der Waals surface area contributed by atoms with Crippen molar-refractivity contribution in [2.45, 2.75) is 19.3 Å². The van der Waals surface area contributed by atoms with Gasteiger partial charge >= 0.3 is 0 Å². The lowest BCUT2D eigenvalue weighted by atomic mass is 9.80. The number of aromatic nitrogens is 3. The van der Waals surface area contributed by atoms with E-state index < -0.39 is 0 Å². The van der Waals surface area contributed by atoms with Gasteiger partial charge in [-0.25, -0.2) is 4.98 Å². The fraction of sp³-hybridized carbons (Fsp3) is 0.306. The second-order valence-corrected chi connectivity index (χ2v) is 12.9. The van der Waals surface area contributed by atoms with Gasteiger partial charge in [0.05, 0.1) is 54.0 Å². The highest BCUT2D eigenvalue weighted by atomic mass is 35.5. The largest absolute Gasteiger partial charge is 0.496 e. The van der Waals surface area contributed by atoms with Gasteiger partial charge in [0.2, 0.25) is 5.91 Å². The predicted molar refractivity (Wildman–Crippen MR) is 189 cm³/mol. The number of fused-ring (bicyclic) bond motifs is 3. The number of anilines is 2. The summed E-state index contributed by atoms with van der Waals surface area (Å²) in [5, 5.41) is 4.55. The lowest BCUT2D eigenvalue weighted by Crippen LogP contribution is -2.33. The summed E-state index contributed by atoms with van der Waals surface area (Å²) in [7, 11) is 4.72. The Kier molecular flexibility index (Phi) is 8.57. The van der Waals surface area contributed by atoms with E-state index in [1.165, 1.54) is 20.3 Å². The molecule has 2 saturated heterocycles. The van der Waals surface area contributed by atoms with Gasteiger partial charge in [-0.15, -0.1) is 0 Å². The molecular weight excluding hydrogens is 653 g/mol. The van der Waals surface area contributed by atoms with Crippen LogP contribution in [0.25, 0.3) is 38.9 Å². The third-order valence-electron chi connectivity index (χ3n) is 9.57. The Labute approximate surface area is 288 Å². The molecule has 0 radical (unpaired) electrons. The smallest absolute Gasteiger partial charge is 0.247 e. The van der Waals surface area contributed by atoms with Crippen LogP contribution in [0.3, 0.4) is 0 Å².